The number of carbonyl (C=O) groups is 2. The zero-order valence-electron chi connectivity index (χ0n) is 19.9. The van der Waals surface area contributed by atoms with E-state index in [1.165, 1.54) is 28.6 Å². The lowest BCUT2D eigenvalue weighted by molar-refractivity contribution is -0.119. The van der Waals surface area contributed by atoms with Gasteiger partial charge in [-0.15, -0.1) is 0 Å². The Bertz CT molecular complexity index is 1580. The van der Waals surface area contributed by atoms with Crippen molar-refractivity contribution in [2.24, 2.45) is 0 Å². The number of hydrogen-bond donors (Lipinski definition) is 2. The highest BCUT2D eigenvalue weighted by Gasteiger charge is 2.39. The predicted octanol–water partition coefficient (Wildman–Crippen LogP) is 4.14. The van der Waals surface area contributed by atoms with Crippen molar-refractivity contribution in [3.05, 3.63) is 113 Å². The second kappa shape index (κ2) is 10.7. The number of fused-ring (bicyclic) bond motifs is 1. The lowest BCUT2D eigenvalue weighted by Gasteiger charge is -2.27. The van der Waals surface area contributed by atoms with E-state index >= 15 is 0 Å². The average Bonchev–Trinajstić information content (AvgIpc) is 3.06. The summed E-state index contributed by atoms with van der Waals surface area (Å²) < 4.78 is 29.0. The summed E-state index contributed by atoms with van der Waals surface area (Å²) in [5.74, 6) is -0.548. The molecule has 2 aromatic heterocycles. The van der Waals surface area contributed by atoms with Gasteiger partial charge in [0.05, 0.1) is 4.90 Å². The van der Waals surface area contributed by atoms with E-state index in [-0.39, 0.29) is 23.4 Å². The predicted molar refractivity (Wildman–Crippen MR) is 143 cm³/mol. The highest BCUT2D eigenvalue weighted by Crippen LogP contribution is 2.31. The van der Waals surface area contributed by atoms with Crippen LogP contribution in [0.25, 0.3) is 0 Å². The monoisotopic (exact) mass is 547 g/mol. The Labute approximate surface area is 224 Å². The molecule has 0 saturated carbocycles. The Hall–Kier alpha value is -4.12. The molecule has 1 atom stereocenters. The van der Waals surface area contributed by atoms with Crippen molar-refractivity contribution in [1.29, 1.82) is 0 Å². The second-order valence-corrected chi connectivity index (χ2v) is 10.9. The summed E-state index contributed by atoms with van der Waals surface area (Å²) in [7, 11) is -4.17. The number of nitrogens with one attached hydrogen (secondary N) is 2. The van der Waals surface area contributed by atoms with Crippen molar-refractivity contribution in [3.63, 3.8) is 0 Å². The molecule has 4 aromatic rings. The molecule has 1 aliphatic rings. The van der Waals surface area contributed by atoms with Crippen LogP contribution in [0, 0.1) is 0 Å². The third-order valence-electron chi connectivity index (χ3n) is 6.06. The lowest BCUT2D eigenvalue weighted by Crippen LogP contribution is -2.46. The number of halogens is 1. The number of rotatable bonds is 6. The number of carbonyl (C=O) groups excluding carboxylic acids is 2. The van der Waals surface area contributed by atoms with Crippen molar-refractivity contribution in [2.45, 2.75) is 23.9 Å². The van der Waals surface area contributed by atoms with E-state index in [4.69, 9.17) is 11.6 Å². The lowest BCUT2D eigenvalue weighted by atomic mass is 10.1. The molecule has 38 heavy (non-hydrogen) atoms. The van der Waals surface area contributed by atoms with Gasteiger partial charge in [-0.05, 0) is 66.2 Å². The van der Waals surface area contributed by atoms with Crippen LogP contribution in [0.1, 0.15) is 21.6 Å². The van der Waals surface area contributed by atoms with Gasteiger partial charge in [0.2, 0.25) is 15.9 Å². The Morgan fingerprint density at radius 1 is 1.00 bits per heavy atom. The maximum Gasteiger partial charge on any atom is 0.256 e. The highest BCUT2D eigenvalue weighted by atomic mass is 35.5. The van der Waals surface area contributed by atoms with Gasteiger partial charge in [-0.3, -0.25) is 14.6 Å². The standard InChI is InChI=1S/C27H22ClN5O4S/c28-20-10-7-19-17-33(24(27(35)31-23(19)15-20)16-21-5-1-3-13-29-21)38(36,37)22-11-8-18(9-12-22)26(34)32-25-6-2-4-14-30-25/h1-15,24H,16-17H2,(H,31,35)(H,30,32,34)/t24-/m0/s1. The first-order valence-electron chi connectivity index (χ1n) is 11.6. The van der Waals surface area contributed by atoms with Crippen molar-refractivity contribution < 1.29 is 18.0 Å². The fourth-order valence-corrected chi connectivity index (χ4v) is 5.87. The van der Waals surface area contributed by atoms with Crippen molar-refractivity contribution >= 4 is 44.9 Å². The van der Waals surface area contributed by atoms with E-state index in [9.17, 15) is 18.0 Å². The summed E-state index contributed by atoms with van der Waals surface area (Å²) in [5.41, 5.74) is 1.88. The Morgan fingerprint density at radius 3 is 2.42 bits per heavy atom. The van der Waals surface area contributed by atoms with Gasteiger partial charge in [0.1, 0.15) is 11.9 Å². The third kappa shape index (κ3) is 5.42. The van der Waals surface area contributed by atoms with Gasteiger partial charge in [0.15, 0.2) is 0 Å². The van der Waals surface area contributed by atoms with E-state index in [2.05, 4.69) is 20.6 Å². The van der Waals surface area contributed by atoms with E-state index in [1.54, 1.807) is 67.0 Å². The Kier molecular flexibility index (Phi) is 7.19. The summed E-state index contributed by atoms with van der Waals surface area (Å²) >= 11 is 6.13. The molecule has 0 bridgehead atoms. The molecule has 2 amide bonds. The van der Waals surface area contributed by atoms with Crippen LogP contribution in [0.2, 0.25) is 5.02 Å². The van der Waals surface area contributed by atoms with Crippen LogP contribution in [0.4, 0.5) is 11.5 Å². The zero-order chi connectivity index (χ0) is 26.7. The van der Waals surface area contributed by atoms with Gasteiger partial charge in [-0.1, -0.05) is 29.8 Å². The molecule has 0 radical (unpaired) electrons. The molecule has 0 fully saturated rings. The second-order valence-electron chi connectivity index (χ2n) is 8.58. The molecule has 0 spiro atoms. The van der Waals surface area contributed by atoms with Gasteiger partial charge in [0.25, 0.3) is 5.91 Å². The number of nitrogens with zero attached hydrogens (tertiary/aromatic N) is 3. The topological polar surface area (TPSA) is 121 Å². The largest absolute Gasteiger partial charge is 0.324 e. The maximum atomic E-state index is 13.9. The smallest absolute Gasteiger partial charge is 0.256 e. The van der Waals surface area contributed by atoms with Crippen LogP contribution in [-0.2, 0) is 27.8 Å². The van der Waals surface area contributed by atoms with Gasteiger partial charge in [-0.25, -0.2) is 13.4 Å². The molecule has 0 aliphatic carbocycles. The fourth-order valence-electron chi connectivity index (χ4n) is 4.13. The highest BCUT2D eigenvalue weighted by molar-refractivity contribution is 7.89. The average molecular weight is 548 g/mol. The number of anilines is 2. The summed E-state index contributed by atoms with van der Waals surface area (Å²) in [5, 5.41) is 5.90. The summed E-state index contributed by atoms with van der Waals surface area (Å²) in [6.07, 6.45) is 3.21. The van der Waals surface area contributed by atoms with Crippen LogP contribution in [0.5, 0.6) is 0 Å². The van der Waals surface area contributed by atoms with E-state index in [1.807, 2.05) is 0 Å². The SMILES string of the molecule is O=C(Nc1ccccn1)c1ccc(S(=O)(=O)N2Cc3ccc(Cl)cc3NC(=O)[C@@H]2Cc2ccccn2)cc1. The number of pyridine rings is 2. The molecule has 2 aromatic carbocycles. The van der Waals surface area contributed by atoms with Crippen molar-refractivity contribution in [3.8, 4) is 0 Å². The van der Waals surface area contributed by atoms with Crippen LogP contribution < -0.4 is 10.6 Å². The molecule has 0 saturated heterocycles. The molecular weight excluding hydrogens is 526 g/mol. The number of sulfonamides is 1. The minimum absolute atomic E-state index is 0.0527. The minimum atomic E-state index is -4.17. The number of benzene rings is 2. The van der Waals surface area contributed by atoms with Crippen LogP contribution >= 0.6 is 11.6 Å². The first-order valence-corrected chi connectivity index (χ1v) is 13.5. The molecule has 9 nitrogen and oxygen atoms in total. The van der Waals surface area contributed by atoms with E-state index in [0.717, 1.165) is 0 Å². The molecule has 1 aliphatic heterocycles. The van der Waals surface area contributed by atoms with E-state index < -0.39 is 27.9 Å². The molecule has 192 valence electrons. The van der Waals surface area contributed by atoms with Gasteiger partial charge >= 0.3 is 0 Å². The summed E-state index contributed by atoms with van der Waals surface area (Å²) in [6.45, 7) is -0.0625. The Morgan fingerprint density at radius 2 is 1.74 bits per heavy atom. The molecule has 2 N–H and O–H groups in total. The van der Waals surface area contributed by atoms with Gasteiger partial charge in [0, 0.05) is 47.3 Å². The third-order valence-corrected chi connectivity index (χ3v) is 8.17. The zero-order valence-corrected chi connectivity index (χ0v) is 21.5. The maximum absolute atomic E-state index is 13.9. The normalized spacial score (nSPS) is 15.7. The van der Waals surface area contributed by atoms with E-state index in [0.29, 0.717) is 27.8 Å². The molecular formula is C27H22ClN5O4S. The number of hydrogen-bond acceptors (Lipinski definition) is 6. The summed E-state index contributed by atoms with van der Waals surface area (Å²) in [4.78, 5) is 34.2. The van der Waals surface area contributed by atoms with Crippen molar-refractivity contribution in [1.82, 2.24) is 14.3 Å². The number of amides is 2. The van der Waals surface area contributed by atoms with Gasteiger partial charge < -0.3 is 10.6 Å². The first-order chi connectivity index (χ1) is 18.3. The van der Waals surface area contributed by atoms with Gasteiger partial charge in [-0.2, -0.15) is 4.31 Å². The van der Waals surface area contributed by atoms with Crippen LogP contribution in [-0.4, -0.2) is 40.5 Å². The Balaban J connectivity index is 1.48. The van der Waals surface area contributed by atoms with Crippen LogP contribution in [0.15, 0.2) is 96.2 Å². The molecule has 5 rings (SSSR count). The number of aromatic nitrogens is 2. The van der Waals surface area contributed by atoms with Crippen LogP contribution in [0.3, 0.4) is 0 Å². The van der Waals surface area contributed by atoms with Crippen molar-refractivity contribution in [2.75, 3.05) is 10.6 Å². The fraction of sp³-hybridized carbons (Fsp3) is 0.111. The summed E-state index contributed by atoms with van der Waals surface area (Å²) in [6, 6.07) is 19.8. The minimum Gasteiger partial charge on any atom is -0.324 e. The first kappa shape index (κ1) is 25.5. The molecule has 3 heterocycles. The quantitative estimate of drug-likeness (QED) is 0.374. The molecule has 0 unspecified atom stereocenters. The molecule has 11 heteroatoms.